The molecule has 146 valence electrons. The Bertz CT molecular complexity index is 1100. The number of carbonyl (C=O) groups excluding carboxylic acids is 1. The second-order valence-electron chi connectivity index (χ2n) is 6.01. The zero-order chi connectivity index (χ0) is 20.0. The van der Waals surface area contributed by atoms with Gasteiger partial charge in [-0.2, -0.15) is 0 Å². The molecule has 0 unspecified atom stereocenters. The van der Waals surface area contributed by atoms with Crippen LogP contribution in [-0.4, -0.2) is 54.9 Å². The van der Waals surface area contributed by atoms with Crippen molar-refractivity contribution >= 4 is 43.0 Å². The first kappa shape index (κ1) is 19.8. The molecule has 11 heteroatoms. The van der Waals surface area contributed by atoms with Gasteiger partial charge in [0, 0.05) is 20.6 Å². The van der Waals surface area contributed by atoms with Crippen molar-refractivity contribution in [1.82, 2.24) is 4.31 Å². The monoisotopic (exact) mass is 430 g/mol. The number of hydrogen-bond donors (Lipinski definition) is 0. The SMILES string of the molecule is COC(=O)c1sccc1S(=O)(=O)N1CCc2cc(S(=O)(=O)N(C)C)ccc21. The molecule has 27 heavy (non-hydrogen) atoms. The summed E-state index contributed by atoms with van der Waals surface area (Å²) >= 11 is 0.993. The quantitative estimate of drug-likeness (QED) is 0.667. The summed E-state index contributed by atoms with van der Waals surface area (Å²) in [5.41, 5.74) is 1.03. The van der Waals surface area contributed by atoms with Crippen molar-refractivity contribution in [3.05, 3.63) is 40.1 Å². The number of nitrogens with zero attached hydrogens (tertiary/aromatic N) is 2. The van der Waals surface area contributed by atoms with E-state index in [2.05, 4.69) is 4.74 Å². The van der Waals surface area contributed by atoms with Crippen LogP contribution in [0.15, 0.2) is 39.4 Å². The van der Waals surface area contributed by atoms with Gasteiger partial charge in [0.1, 0.15) is 9.77 Å². The van der Waals surface area contributed by atoms with E-state index in [9.17, 15) is 21.6 Å². The second-order valence-corrected chi connectivity index (χ2v) is 10.9. The highest BCUT2D eigenvalue weighted by Crippen LogP contribution is 2.36. The molecule has 1 aromatic carbocycles. The number of fused-ring (bicyclic) bond motifs is 1. The van der Waals surface area contributed by atoms with E-state index in [0.29, 0.717) is 17.7 Å². The predicted molar refractivity (Wildman–Crippen MR) is 101 cm³/mol. The molecule has 8 nitrogen and oxygen atoms in total. The lowest BCUT2D eigenvalue weighted by molar-refractivity contribution is 0.0602. The highest BCUT2D eigenvalue weighted by molar-refractivity contribution is 7.93. The Balaban J connectivity index is 2.04. The summed E-state index contributed by atoms with van der Waals surface area (Å²) < 4.78 is 57.7. The maximum absolute atomic E-state index is 13.1. The molecule has 0 saturated heterocycles. The van der Waals surface area contributed by atoms with E-state index in [4.69, 9.17) is 0 Å². The lowest BCUT2D eigenvalue weighted by Gasteiger charge is -2.20. The van der Waals surface area contributed by atoms with Crippen LogP contribution in [0.2, 0.25) is 0 Å². The summed E-state index contributed by atoms with van der Waals surface area (Å²) in [5, 5.41) is 1.52. The Morgan fingerprint density at radius 2 is 1.89 bits per heavy atom. The molecule has 0 atom stereocenters. The number of thiophene rings is 1. The fourth-order valence-corrected chi connectivity index (χ4v) is 6.60. The van der Waals surface area contributed by atoms with Gasteiger partial charge in [-0.25, -0.2) is 25.9 Å². The Morgan fingerprint density at radius 1 is 1.19 bits per heavy atom. The highest BCUT2D eigenvalue weighted by Gasteiger charge is 2.35. The number of methoxy groups -OCH3 is 1. The zero-order valence-electron chi connectivity index (χ0n) is 14.9. The molecule has 0 N–H and O–H groups in total. The van der Waals surface area contributed by atoms with Gasteiger partial charge in [0.25, 0.3) is 10.0 Å². The summed E-state index contributed by atoms with van der Waals surface area (Å²) in [6.07, 6.45) is 0.378. The second kappa shape index (κ2) is 6.89. The van der Waals surface area contributed by atoms with Crippen molar-refractivity contribution in [3.8, 4) is 0 Å². The van der Waals surface area contributed by atoms with Crippen LogP contribution in [0.1, 0.15) is 15.2 Å². The average Bonchev–Trinajstić information content (AvgIpc) is 3.27. The number of carbonyl (C=O) groups is 1. The highest BCUT2D eigenvalue weighted by atomic mass is 32.2. The molecule has 0 radical (unpaired) electrons. The van der Waals surface area contributed by atoms with E-state index in [0.717, 1.165) is 15.6 Å². The lowest BCUT2D eigenvalue weighted by atomic mass is 10.2. The Labute approximate surface area is 162 Å². The maximum atomic E-state index is 13.1. The molecule has 3 rings (SSSR count). The van der Waals surface area contributed by atoms with Crippen molar-refractivity contribution in [2.75, 3.05) is 32.1 Å². The average molecular weight is 431 g/mol. The Morgan fingerprint density at radius 3 is 2.52 bits per heavy atom. The Hall–Kier alpha value is -1.95. The van der Waals surface area contributed by atoms with E-state index in [1.165, 1.54) is 55.2 Å². The third-order valence-electron chi connectivity index (χ3n) is 4.25. The molecule has 0 spiro atoms. The Kier molecular flexibility index (Phi) is 5.06. The van der Waals surface area contributed by atoms with Crippen molar-refractivity contribution in [2.24, 2.45) is 0 Å². The van der Waals surface area contributed by atoms with Crippen LogP contribution in [0.3, 0.4) is 0 Å². The van der Waals surface area contributed by atoms with Crippen molar-refractivity contribution in [2.45, 2.75) is 16.2 Å². The summed E-state index contributed by atoms with van der Waals surface area (Å²) in [6, 6.07) is 5.74. The largest absolute Gasteiger partial charge is 0.465 e. The third kappa shape index (κ3) is 3.24. The summed E-state index contributed by atoms with van der Waals surface area (Å²) in [7, 11) is -3.53. The zero-order valence-corrected chi connectivity index (χ0v) is 17.3. The van der Waals surface area contributed by atoms with Gasteiger partial charge < -0.3 is 4.74 Å². The first-order chi connectivity index (χ1) is 12.6. The number of benzene rings is 1. The predicted octanol–water partition coefficient (Wildman–Crippen LogP) is 1.54. The van der Waals surface area contributed by atoms with Gasteiger partial charge >= 0.3 is 5.97 Å². The van der Waals surface area contributed by atoms with Crippen LogP contribution in [0.5, 0.6) is 0 Å². The first-order valence-corrected chi connectivity index (χ1v) is 11.6. The van der Waals surface area contributed by atoms with Gasteiger partial charge in [-0.15, -0.1) is 11.3 Å². The fraction of sp³-hybridized carbons (Fsp3) is 0.312. The topological polar surface area (TPSA) is 101 Å². The van der Waals surface area contributed by atoms with Gasteiger partial charge in [0.15, 0.2) is 0 Å². The molecule has 0 aliphatic carbocycles. The van der Waals surface area contributed by atoms with Gasteiger partial charge in [-0.05, 0) is 41.6 Å². The smallest absolute Gasteiger partial charge is 0.349 e. The minimum atomic E-state index is -3.98. The van der Waals surface area contributed by atoms with Crippen LogP contribution in [-0.2, 0) is 31.2 Å². The molecule has 0 bridgehead atoms. The minimum Gasteiger partial charge on any atom is -0.465 e. The van der Waals surface area contributed by atoms with Gasteiger partial charge in [0.2, 0.25) is 10.0 Å². The molecule has 0 saturated carbocycles. The summed E-state index contributed by atoms with van der Waals surface area (Å²) in [5.74, 6) is -0.713. The number of esters is 1. The molecule has 0 fully saturated rings. The van der Waals surface area contributed by atoms with E-state index in [1.54, 1.807) is 0 Å². The van der Waals surface area contributed by atoms with Crippen LogP contribution < -0.4 is 4.31 Å². The molecule has 1 aromatic heterocycles. The maximum Gasteiger partial charge on any atom is 0.349 e. The molecule has 2 heterocycles. The van der Waals surface area contributed by atoms with Crippen LogP contribution in [0, 0.1) is 0 Å². The van der Waals surface area contributed by atoms with Gasteiger partial charge in [-0.3, -0.25) is 4.31 Å². The van der Waals surface area contributed by atoms with Gasteiger partial charge in [-0.1, -0.05) is 0 Å². The van der Waals surface area contributed by atoms with Gasteiger partial charge in [0.05, 0.1) is 17.7 Å². The van der Waals surface area contributed by atoms with Crippen LogP contribution in [0.25, 0.3) is 0 Å². The van der Waals surface area contributed by atoms with Crippen molar-refractivity contribution in [3.63, 3.8) is 0 Å². The van der Waals surface area contributed by atoms with Crippen molar-refractivity contribution < 1.29 is 26.4 Å². The number of sulfonamides is 2. The molecule has 0 amide bonds. The first-order valence-electron chi connectivity index (χ1n) is 7.84. The summed E-state index contributed by atoms with van der Waals surface area (Å²) in [4.78, 5) is 11.9. The van der Waals surface area contributed by atoms with E-state index < -0.39 is 26.0 Å². The number of hydrogen-bond acceptors (Lipinski definition) is 7. The van der Waals surface area contributed by atoms with E-state index in [-0.39, 0.29) is 21.2 Å². The minimum absolute atomic E-state index is 0.0118. The number of rotatable bonds is 5. The number of ether oxygens (including phenoxy) is 1. The lowest BCUT2D eigenvalue weighted by Crippen LogP contribution is -2.30. The number of anilines is 1. The molecule has 1 aliphatic heterocycles. The summed E-state index contributed by atoms with van der Waals surface area (Å²) in [6.45, 7) is 0.166. The fourth-order valence-electron chi connectivity index (χ4n) is 2.83. The molecular weight excluding hydrogens is 412 g/mol. The molecule has 2 aromatic rings. The van der Waals surface area contributed by atoms with E-state index >= 15 is 0 Å². The normalized spacial score (nSPS) is 14.4. The van der Waals surface area contributed by atoms with Crippen molar-refractivity contribution in [1.29, 1.82) is 0 Å². The molecular formula is C16H18N2O6S3. The van der Waals surface area contributed by atoms with Crippen LogP contribution in [0.4, 0.5) is 5.69 Å². The third-order valence-corrected chi connectivity index (χ3v) is 8.94. The standard InChI is InChI=1S/C16H18N2O6S3/c1-17(2)26(20,21)12-4-5-13-11(10-12)6-8-18(13)27(22,23)14-7-9-25-15(14)16(19)24-3/h4-5,7,9-10H,6,8H2,1-3H3. The van der Waals surface area contributed by atoms with E-state index in [1.807, 2.05) is 0 Å². The molecule has 1 aliphatic rings. The van der Waals surface area contributed by atoms with Crippen LogP contribution >= 0.6 is 11.3 Å².